The van der Waals surface area contributed by atoms with Crippen molar-refractivity contribution < 1.29 is 9.32 Å². The molecule has 3 aromatic heterocycles. The lowest BCUT2D eigenvalue weighted by molar-refractivity contribution is -0.132. The van der Waals surface area contributed by atoms with Gasteiger partial charge in [-0.25, -0.2) is 0 Å². The molecule has 1 aliphatic rings. The minimum Gasteiger partial charge on any atom is -0.361 e. The molecule has 4 heterocycles. The summed E-state index contributed by atoms with van der Waals surface area (Å²) >= 11 is 3.50. The van der Waals surface area contributed by atoms with E-state index in [0.29, 0.717) is 6.42 Å². The van der Waals surface area contributed by atoms with Gasteiger partial charge in [-0.15, -0.1) is 22.7 Å². The van der Waals surface area contributed by atoms with Gasteiger partial charge in [-0.3, -0.25) is 4.79 Å². The third kappa shape index (κ3) is 2.59. The molecule has 0 saturated heterocycles. The van der Waals surface area contributed by atoms with E-state index in [0.717, 1.165) is 30.0 Å². The number of aryl methyl sites for hydroxylation is 2. The minimum absolute atomic E-state index is 0.0352. The molecule has 1 atom stereocenters. The third-order valence-corrected chi connectivity index (χ3v) is 6.53. The summed E-state index contributed by atoms with van der Waals surface area (Å²) < 4.78 is 5.21. The Hall–Kier alpha value is -1.92. The van der Waals surface area contributed by atoms with Crippen LogP contribution in [0.1, 0.15) is 38.4 Å². The minimum atomic E-state index is 0.0352. The van der Waals surface area contributed by atoms with Crippen molar-refractivity contribution in [3.63, 3.8) is 0 Å². The van der Waals surface area contributed by atoms with Crippen LogP contribution in [0.2, 0.25) is 0 Å². The van der Waals surface area contributed by atoms with E-state index in [-0.39, 0.29) is 11.9 Å². The number of rotatable bonds is 3. The summed E-state index contributed by atoms with van der Waals surface area (Å²) in [5.74, 6) is 0.876. The molecule has 4 nitrogen and oxygen atoms in total. The maximum atomic E-state index is 13.1. The Kier molecular flexibility index (Phi) is 4.02. The van der Waals surface area contributed by atoms with Crippen LogP contribution in [-0.2, 0) is 17.6 Å². The number of amides is 1. The highest BCUT2D eigenvalue weighted by molar-refractivity contribution is 7.10. The zero-order chi connectivity index (χ0) is 16.7. The number of hydrogen-bond acceptors (Lipinski definition) is 5. The maximum absolute atomic E-state index is 13.1. The fourth-order valence-electron chi connectivity index (χ4n) is 3.35. The second-order valence-electron chi connectivity index (χ2n) is 6.03. The molecule has 4 rings (SSSR count). The molecule has 124 valence electrons. The monoisotopic (exact) mass is 358 g/mol. The predicted molar refractivity (Wildman–Crippen MR) is 95.6 cm³/mol. The van der Waals surface area contributed by atoms with Gasteiger partial charge in [0.1, 0.15) is 5.76 Å². The molecule has 1 amide bonds. The molecule has 0 bridgehead atoms. The standard InChI is InChI=1S/C18H18N2O2S2/c1-11-14(12(2)22-19-11)10-17(21)20-7-5-15-13(6-9-24-15)18(20)16-4-3-8-23-16/h3-4,6,8-9,18H,5,7,10H2,1-2H3/t18-/m1/s1. The molecule has 0 aliphatic carbocycles. The zero-order valence-electron chi connectivity index (χ0n) is 13.6. The summed E-state index contributed by atoms with van der Waals surface area (Å²) in [5, 5.41) is 8.18. The van der Waals surface area contributed by atoms with Gasteiger partial charge in [0.15, 0.2) is 0 Å². The molecule has 0 radical (unpaired) electrons. The van der Waals surface area contributed by atoms with Gasteiger partial charge in [-0.05, 0) is 48.7 Å². The van der Waals surface area contributed by atoms with Crippen molar-refractivity contribution in [1.29, 1.82) is 0 Å². The molecular formula is C18H18N2O2S2. The Bertz CT molecular complexity index is 844. The summed E-state index contributed by atoms with van der Waals surface area (Å²) in [6.07, 6.45) is 1.28. The van der Waals surface area contributed by atoms with E-state index in [1.807, 2.05) is 18.7 Å². The average Bonchev–Trinajstić information content (AvgIpc) is 3.31. The number of nitrogens with zero attached hydrogens (tertiary/aromatic N) is 2. The van der Waals surface area contributed by atoms with Gasteiger partial charge in [0, 0.05) is 21.9 Å². The first kappa shape index (κ1) is 15.6. The first-order chi connectivity index (χ1) is 11.6. The number of fused-ring (bicyclic) bond motifs is 1. The lowest BCUT2D eigenvalue weighted by Gasteiger charge is -2.35. The highest BCUT2D eigenvalue weighted by Gasteiger charge is 2.33. The number of aromatic nitrogens is 1. The highest BCUT2D eigenvalue weighted by Crippen LogP contribution is 2.39. The number of thiophene rings is 2. The second-order valence-corrected chi connectivity index (χ2v) is 8.01. The van der Waals surface area contributed by atoms with E-state index < -0.39 is 0 Å². The number of hydrogen-bond donors (Lipinski definition) is 0. The molecule has 0 aromatic carbocycles. The van der Waals surface area contributed by atoms with E-state index >= 15 is 0 Å². The Morgan fingerprint density at radius 2 is 2.21 bits per heavy atom. The van der Waals surface area contributed by atoms with Crippen LogP contribution in [0.3, 0.4) is 0 Å². The second kappa shape index (κ2) is 6.18. The summed E-state index contributed by atoms with van der Waals surface area (Å²) in [5.41, 5.74) is 3.00. The first-order valence-corrected chi connectivity index (χ1v) is 9.72. The summed E-state index contributed by atoms with van der Waals surface area (Å²) in [4.78, 5) is 17.7. The van der Waals surface area contributed by atoms with Gasteiger partial charge in [0.05, 0.1) is 18.2 Å². The van der Waals surface area contributed by atoms with Crippen LogP contribution in [0.15, 0.2) is 33.5 Å². The predicted octanol–water partition coefficient (Wildman–Crippen LogP) is 4.13. The van der Waals surface area contributed by atoms with Crippen LogP contribution in [-0.4, -0.2) is 22.5 Å². The highest BCUT2D eigenvalue weighted by atomic mass is 32.1. The SMILES string of the molecule is Cc1noc(C)c1CC(=O)N1CCc2sccc2[C@@H]1c1cccs1. The Balaban J connectivity index is 1.67. The third-order valence-electron chi connectivity index (χ3n) is 4.61. The van der Waals surface area contributed by atoms with Crippen molar-refractivity contribution in [2.24, 2.45) is 0 Å². The summed E-state index contributed by atoms with van der Waals surface area (Å²) in [6, 6.07) is 6.38. The fraction of sp³-hybridized carbons (Fsp3) is 0.333. The van der Waals surface area contributed by atoms with Crippen molar-refractivity contribution in [1.82, 2.24) is 10.1 Å². The van der Waals surface area contributed by atoms with Crippen LogP contribution in [0.5, 0.6) is 0 Å². The number of carbonyl (C=O) groups excluding carboxylic acids is 1. The Labute approximate surface area is 148 Å². The molecule has 1 aliphatic heterocycles. The quantitative estimate of drug-likeness (QED) is 0.707. The van der Waals surface area contributed by atoms with Crippen molar-refractivity contribution in [3.05, 3.63) is 61.3 Å². The lowest BCUT2D eigenvalue weighted by atomic mass is 9.97. The fourth-order valence-corrected chi connectivity index (χ4v) is 5.10. The lowest BCUT2D eigenvalue weighted by Crippen LogP contribution is -2.40. The molecule has 0 N–H and O–H groups in total. The van der Waals surface area contributed by atoms with E-state index in [4.69, 9.17) is 4.52 Å². The summed E-state index contributed by atoms with van der Waals surface area (Å²) in [7, 11) is 0. The van der Waals surface area contributed by atoms with Crippen LogP contribution in [0, 0.1) is 13.8 Å². The smallest absolute Gasteiger partial charge is 0.228 e. The van der Waals surface area contributed by atoms with Crippen molar-refractivity contribution in [2.75, 3.05) is 6.54 Å². The average molecular weight is 358 g/mol. The van der Waals surface area contributed by atoms with Gasteiger partial charge in [-0.2, -0.15) is 0 Å². The van der Waals surface area contributed by atoms with E-state index in [1.54, 1.807) is 22.7 Å². The molecule has 24 heavy (non-hydrogen) atoms. The van der Waals surface area contributed by atoms with Gasteiger partial charge in [-0.1, -0.05) is 11.2 Å². The van der Waals surface area contributed by atoms with E-state index in [2.05, 4.69) is 34.1 Å². The van der Waals surface area contributed by atoms with Crippen LogP contribution < -0.4 is 0 Å². The zero-order valence-corrected chi connectivity index (χ0v) is 15.2. The molecule has 6 heteroatoms. The Morgan fingerprint density at radius 1 is 1.33 bits per heavy atom. The molecule has 0 saturated carbocycles. The van der Waals surface area contributed by atoms with Gasteiger partial charge >= 0.3 is 0 Å². The van der Waals surface area contributed by atoms with Crippen LogP contribution in [0.25, 0.3) is 0 Å². The molecule has 0 fully saturated rings. The molecule has 0 spiro atoms. The van der Waals surface area contributed by atoms with Gasteiger partial charge < -0.3 is 9.42 Å². The molecule has 0 unspecified atom stereocenters. The van der Waals surface area contributed by atoms with Crippen LogP contribution >= 0.6 is 22.7 Å². The van der Waals surface area contributed by atoms with E-state index in [1.165, 1.54) is 15.3 Å². The topological polar surface area (TPSA) is 46.3 Å². The number of carbonyl (C=O) groups is 1. The summed E-state index contributed by atoms with van der Waals surface area (Å²) in [6.45, 7) is 4.52. The largest absolute Gasteiger partial charge is 0.361 e. The van der Waals surface area contributed by atoms with Crippen molar-refractivity contribution >= 4 is 28.6 Å². The van der Waals surface area contributed by atoms with E-state index in [9.17, 15) is 4.79 Å². The molecule has 3 aromatic rings. The Morgan fingerprint density at radius 3 is 2.92 bits per heavy atom. The maximum Gasteiger partial charge on any atom is 0.228 e. The first-order valence-electron chi connectivity index (χ1n) is 7.96. The van der Waals surface area contributed by atoms with Crippen LogP contribution in [0.4, 0.5) is 0 Å². The van der Waals surface area contributed by atoms with Gasteiger partial charge in [0.2, 0.25) is 5.91 Å². The molecular weight excluding hydrogens is 340 g/mol. The normalized spacial score (nSPS) is 17.1. The van der Waals surface area contributed by atoms with Gasteiger partial charge in [0.25, 0.3) is 0 Å². The van der Waals surface area contributed by atoms with Crippen molar-refractivity contribution in [2.45, 2.75) is 32.7 Å². The van der Waals surface area contributed by atoms with Crippen molar-refractivity contribution in [3.8, 4) is 0 Å².